The number of hydrogen-bond donors (Lipinski definition) is 1. The van der Waals surface area contributed by atoms with E-state index < -0.39 is 5.60 Å². The molecular weight excluding hydrogens is 253 g/mol. The van der Waals surface area contributed by atoms with Crippen LogP contribution in [0.1, 0.15) is 19.5 Å². The van der Waals surface area contributed by atoms with Gasteiger partial charge >= 0.3 is 0 Å². The SMILES string of the molecule is CC(C)(O)c1cc(I)ccn1. The average Bonchev–Trinajstić information content (AvgIpc) is 1.86. The Morgan fingerprint density at radius 2 is 2.18 bits per heavy atom. The van der Waals surface area contributed by atoms with Crippen molar-refractivity contribution >= 4 is 22.6 Å². The molecule has 0 unspecified atom stereocenters. The minimum atomic E-state index is -0.832. The summed E-state index contributed by atoms with van der Waals surface area (Å²) in [6, 6.07) is 3.77. The molecule has 0 atom stereocenters. The fourth-order valence-corrected chi connectivity index (χ4v) is 1.20. The molecule has 0 amide bonds. The maximum absolute atomic E-state index is 9.55. The molecule has 0 aromatic carbocycles. The lowest BCUT2D eigenvalue weighted by atomic mass is 10.1. The van der Waals surface area contributed by atoms with Gasteiger partial charge in [-0.15, -0.1) is 0 Å². The van der Waals surface area contributed by atoms with Crippen LogP contribution in [-0.4, -0.2) is 10.1 Å². The molecule has 0 aliphatic heterocycles. The summed E-state index contributed by atoms with van der Waals surface area (Å²) in [4.78, 5) is 4.06. The maximum atomic E-state index is 9.55. The van der Waals surface area contributed by atoms with Gasteiger partial charge in [0.2, 0.25) is 0 Å². The molecular formula is C8H10INO. The second-order valence-corrected chi connectivity index (χ2v) is 4.16. The van der Waals surface area contributed by atoms with Crippen molar-refractivity contribution in [2.45, 2.75) is 19.4 Å². The van der Waals surface area contributed by atoms with Gasteiger partial charge in [-0.1, -0.05) is 0 Å². The molecule has 11 heavy (non-hydrogen) atoms. The van der Waals surface area contributed by atoms with E-state index in [1.807, 2.05) is 12.1 Å². The zero-order valence-electron chi connectivity index (χ0n) is 6.50. The van der Waals surface area contributed by atoms with Crippen LogP contribution in [0.4, 0.5) is 0 Å². The molecule has 0 fully saturated rings. The van der Waals surface area contributed by atoms with Gasteiger partial charge in [0, 0.05) is 9.77 Å². The van der Waals surface area contributed by atoms with Crippen LogP contribution < -0.4 is 0 Å². The Bertz CT molecular complexity index is 255. The van der Waals surface area contributed by atoms with E-state index in [0.29, 0.717) is 5.69 Å². The van der Waals surface area contributed by atoms with E-state index >= 15 is 0 Å². The third-order valence-corrected chi connectivity index (χ3v) is 2.02. The maximum Gasteiger partial charge on any atom is 0.101 e. The van der Waals surface area contributed by atoms with Crippen LogP contribution in [0.15, 0.2) is 18.3 Å². The molecule has 3 heteroatoms. The third-order valence-electron chi connectivity index (χ3n) is 1.35. The second kappa shape index (κ2) is 3.06. The monoisotopic (exact) mass is 263 g/mol. The molecule has 1 heterocycles. The number of nitrogens with zero attached hydrogens (tertiary/aromatic N) is 1. The highest BCUT2D eigenvalue weighted by molar-refractivity contribution is 14.1. The summed E-state index contributed by atoms with van der Waals surface area (Å²) in [5.41, 5.74) is -0.120. The predicted molar refractivity (Wildman–Crippen MR) is 52.2 cm³/mol. The smallest absolute Gasteiger partial charge is 0.101 e. The van der Waals surface area contributed by atoms with Crippen molar-refractivity contribution in [3.8, 4) is 0 Å². The fraction of sp³-hybridized carbons (Fsp3) is 0.375. The lowest BCUT2D eigenvalue weighted by molar-refractivity contribution is 0.0738. The van der Waals surface area contributed by atoms with Crippen molar-refractivity contribution in [2.75, 3.05) is 0 Å². The summed E-state index contributed by atoms with van der Waals surface area (Å²) in [5, 5.41) is 9.55. The second-order valence-electron chi connectivity index (χ2n) is 2.92. The Morgan fingerprint density at radius 3 is 2.55 bits per heavy atom. The average molecular weight is 263 g/mol. The Hall–Kier alpha value is -0.160. The highest BCUT2D eigenvalue weighted by Crippen LogP contribution is 2.18. The number of halogens is 1. The van der Waals surface area contributed by atoms with Gasteiger partial charge in [0.05, 0.1) is 5.69 Å². The van der Waals surface area contributed by atoms with E-state index in [1.165, 1.54) is 0 Å². The molecule has 0 radical (unpaired) electrons. The molecule has 1 aromatic rings. The molecule has 0 aliphatic carbocycles. The van der Waals surface area contributed by atoms with Crippen LogP contribution in [-0.2, 0) is 5.60 Å². The zero-order valence-corrected chi connectivity index (χ0v) is 8.66. The summed E-state index contributed by atoms with van der Waals surface area (Å²) in [5.74, 6) is 0. The minimum Gasteiger partial charge on any atom is -0.384 e. The molecule has 1 N–H and O–H groups in total. The molecule has 60 valence electrons. The number of hydrogen-bond acceptors (Lipinski definition) is 2. The molecule has 1 rings (SSSR count). The standard InChI is InChI=1S/C8H10INO/c1-8(2,11)7-5-6(9)3-4-10-7/h3-5,11H,1-2H3. The van der Waals surface area contributed by atoms with Gasteiger partial charge in [-0.05, 0) is 48.6 Å². The summed E-state index contributed by atoms with van der Waals surface area (Å²) in [7, 11) is 0. The first-order valence-electron chi connectivity index (χ1n) is 3.34. The van der Waals surface area contributed by atoms with Crippen molar-refractivity contribution in [3.63, 3.8) is 0 Å². The molecule has 0 saturated heterocycles. The van der Waals surface area contributed by atoms with Gasteiger partial charge in [0.15, 0.2) is 0 Å². The topological polar surface area (TPSA) is 33.1 Å². The first-order valence-corrected chi connectivity index (χ1v) is 4.42. The van der Waals surface area contributed by atoms with Gasteiger partial charge in [0.25, 0.3) is 0 Å². The summed E-state index contributed by atoms with van der Waals surface area (Å²) in [6.45, 7) is 3.46. The van der Waals surface area contributed by atoms with Crippen molar-refractivity contribution in [1.82, 2.24) is 4.98 Å². The van der Waals surface area contributed by atoms with Gasteiger partial charge in [-0.2, -0.15) is 0 Å². The van der Waals surface area contributed by atoms with E-state index in [2.05, 4.69) is 27.6 Å². The Morgan fingerprint density at radius 1 is 1.55 bits per heavy atom. The third kappa shape index (κ3) is 2.41. The number of rotatable bonds is 1. The number of aromatic nitrogens is 1. The van der Waals surface area contributed by atoms with E-state index in [9.17, 15) is 5.11 Å². The number of aliphatic hydroxyl groups is 1. The molecule has 2 nitrogen and oxygen atoms in total. The summed E-state index contributed by atoms with van der Waals surface area (Å²) in [6.07, 6.45) is 1.70. The summed E-state index contributed by atoms with van der Waals surface area (Å²) >= 11 is 2.19. The van der Waals surface area contributed by atoms with Crippen molar-refractivity contribution in [1.29, 1.82) is 0 Å². The molecule has 0 bridgehead atoms. The highest BCUT2D eigenvalue weighted by atomic mass is 127. The molecule has 0 saturated carbocycles. The first-order chi connectivity index (χ1) is 5.00. The Balaban J connectivity index is 3.06. The van der Waals surface area contributed by atoms with Gasteiger partial charge in [-0.25, -0.2) is 0 Å². The van der Waals surface area contributed by atoms with Crippen LogP contribution in [0.2, 0.25) is 0 Å². The van der Waals surface area contributed by atoms with Crippen molar-refractivity contribution in [2.24, 2.45) is 0 Å². The lowest BCUT2D eigenvalue weighted by Crippen LogP contribution is -2.17. The Labute approximate surface area is 79.8 Å². The van der Waals surface area contributed by atoms with E-state index in [-0.39, 0.29) is 0 Å². The van der Waals surface area contributed by atoms with E-state index in [1.54, 1.807) is 20.0 Å². The van der Waals surface area contributed by atoms with Gasteiger partial charge in [0.1, 0.15) is 5.60 Å². The normalized spacial score (nSPS) is 11.6. The zero-order chi connectivity index (χ0) is 8.48. The van der Waals surface area contributed by atoms with Gasteiger partial charge < -0.3 is 5.11 Å². The van der Waals surface area contributed by atoms with Gasteiger partial charge in [-0.3, -0.25) is 4.98 Å². The van der Waals surface area contributed by atoms with Crippen molar-refractivity contribution in [3.05, 3.63) is 27.6 Å². The molecule has 0 spiro atoms. The van der Waals surface area contributed by atoms with Crippen LogP contribution in [0.3, 0.4) is 0 Å². The summed E-state index contributed by atoms with van der Waals surface area (Å²) < 4.78 is 1.09. The van der Waals surface area contributed by atoms with Crippen LogP contribution in [0, 0.1) is 3.57 Å². The largest absolute Gasteiger partial charge is 0.384 e. The van der Waals surface area contributed by atoms with Crippen LogP contribution in [0.25, 0.3) is 0 Å². The van der Waals surface area contributed by atoms with Crippen LogP contribution in [0.5, 0.6) is 0 Å². The van der Waals surface area contributed by atoms with E-state index in [4.69, 9.17) is 0 Å². The quantitative estimate of drug-likeness (QED) is 0.785. The predicted octanol–water partition coefficient (Wildman–Crippen LogP) is 1.91. The van der Waals surface area contributed by atoms with E-state index in [0.717, 1.165) is 3.57 Å². The van der Waals surface area contributed by atoms with Crippen LogP contribution >= 0.6 is 22.6 Å². The molecule has 0 aliphatic rings. The highest BCUT2D eigenvalue weighted by Gasteiger charge is 2.16. The minimum absolute atomic E-state index is 0.712. The number of pyridine rings is 1. The van der Waals surface area contributed by atoms with Crippen molar-refractivity contribution < 1.29 is 5.11 Å². The molecule has 1 aromatic heterocycles. The fourth-order valence-electron chi connectivity index (χ4n) is 0.739. The Kier molecular flexibility index (Phi) is 2.49. The lowest BCUT2D eigenvalue weighted by Gasteiger charge is -2.15. The first kappa shape index (κ1) is 8.93.